The summed E-state index contributed by atoms with van der Waals surface area (Å²) in [4.78, 5) is 0. The molecule has 0 fully saturated rings. The molecule has 3 heteroatoms. The van der Waals surface area contributed by atoms with E-state index >= 15 is 0 Å². The van der Waals surface area contributed by atoms with Gasteiger partial charge in [-0.2, -0.15) is 0 Å². The highest BCUT2D eigenvalue weighted by Gasteiger charge is 2.09. The summed E-state index contributed by atoms with van der Waals surface area (Å²) in [7, 11) is 1.65. The van der Waals surface area contributed by atoms with Gasteiger partial charge in [-0.05, 0) is 31.4 Å². The van der Waals surface area contributed by atoms with Gasteiger partial charge in [-0.15, -0.1) is 0 Å². The summed E-state index contributed by atoms with van der Waals surface area (Å²) < 4.78 is 11.1. The number of rotatable bonds is 7. The van der Waals surface area contributed by atoms with Gasteiger partial charge in [-0.25, -0.2) is 0 Å². The van der Waals surface area contributed by atoms with Crippen molar-refractivity contribution in [2.45, 2.75) is 25.8 Å². The largest absolute Gasteiger partial charge is 0.497 e. The number of benzene rings is 2. The first-order valence-corrected chi connectivity index (χ1v) is 7.31. The maximum atomic E-state index is 5.98. The van der Waals surface area contributed by atoms with E-state index in [1.807, 2.05) is 31.2 Å². The summed E-state index contributed by atoms with van der Waals surface area (Å²) in [5.74, 6) is 1.61. The third-order valence-corrected chi connectivity index (χ3v) is 3.42. The van der Waals surface area contributed by atoms with Crippen molar-refractivity contribution < 1.29 is 9.47 Å². The number of hydrogen-bond acceptors (Lipinski definition) is 3. The fourth-order valence-corrected chi connectivity index (χ4v) is 2.25. The summed E-state index contributed by atoms with van der Waals surface area (Å²) in [5, 5.41) is 0. The third-order valence-electron chi connectivity index (χ3n) is 3.42. The molecule has 0 aliphatic rings. The Morgan fingerprint density at radius 2 is 1.86 bits per heavy atom. The summed E-state index contributed by atoms with van der Waals surface area (Å²) >= 11 is 0. The first-order chi connectivity index (χ1) is 10.2. The van der Waals surface area contributed by atoms with Gasteiger partial charge in [-0.3, -0.25) is 0 Å². The number of aryl methyl sites for hydroxylation is 1. The quantitative estimate of drug-likeness (QED) is 0.788. The SMILES string of the molecule is COc1ccc(C(C)N)c(OCCCc2ccccc2)c1. The molecule has 1 unspecified atom stereocenters. The summed E-state index contributed by atoms with van der Waals surface area (Å²) in [6.07, 6.45) is 1.98. The van der Waals surface area contributed by atoms with Crippen LogP contribution < -0.4 is 15.2 Å². The highest BCUT2D eigenvalue weighted by atomic mass is 16.5. The summed E-state index contributed by atoms with van der Waals surface area (Å²) in [6.45, 7) is 2.63. The van der Waals surface area contributed by atoms with Crippen molar-refractivity contribution in [1.82, 2.24) is 0 Å². The molecule has 0 heterocycles. The molecule has 0 aliphatic carbocycles. The second kappa shape index (κ2) is 7.70. The lowest BCUT2D eigenvalue weighted by molar-refractivity contribution is 0.304. The smallest absolute Gasteiger partial charge is 0.127 e. The predicted molar refractivity (Wildman–Crippen MR) is 85.9 cm³/mol. The molecular formula is C18H23NO2. The number of hydrogen-bond donors (Lipinski definition) is 1. The highest BCUT2D eigenvalue weighted by Crippen LogP contribution is 2.28. The maximum absolute atomic E-state index is 5.98. The van der Waals surface area contributed by atoms with Gasteiger partial charge in [0.1, 0.15) is 11.5 Å². The Morgan fingerprint density at radius 1 is 1.10 bits per heavy atom. The molecule has 0 aliphatic heterocycles. The Hall–Kier alpha value is -2.00. The van der Waals surface area contributed by atoms with Crippen LogP contribution in [0.4, 0.5) is 0 Å². The van der Waals surface area contributed by atoms with Crippen LogP contribution in [0.1, 0.15) is 30.5 Å². The topological polar surface area (TPSA) is 44.5 Å². The van der Waals surface area contributed by atoms with Gasteiger partial charge in [0.05, 0.1) is 13.7 Å². The van der Waals surface area contributed by atoms with Crippen LogP contribution >= 0.6 is 0 Å². The van der Waals surface area contributed by atoms with E-state index in [9.17, 15) is 0 Å². The lowest BCUT2D eigenvalue weighted by Gasteiger charge is -2.15. The Morgan fingerprint density at radius 3 is 2.52 bits per heavy atom. The fourth-order valence-electron chi connectivity index (χ4n) is 2.25. The van der Waals surface area contributed by atoms with Crippen LogP contribution in [0.2, 0.25) is 0 Å². The zero-order chi connectivity index (χ0) is 15.1. The lowest BCUT2D eigenvalue weighted by Crippen LogP contribution is -2.09. The van der Waals surface area contributed by atoms with E-state index in [0.717, 1.165) is 29.9 Å². The zero-order valence-corrected chi connectivity index (χ0v) is 12.7. The molecule has 2 N–H and O–H groups in total. The van der Waals surface area contributed by atoms with E-state index in [1.165, 1.54) is 5.56 Å². The molecule has 112 valence electrons. The van der Waals surface area contributed by atoms with Crippen LogP contribution in [0.25, 0.3) is 0 Å². The lowest BCUT2D eigenvalue weighted by atomic mass is 10.1. The fraction of sp³-hybridized carbons (Fsp3) is 0.333. The van der Waals surface area contributed by atoms with Crippen LogP contribution in [0.3, 0.4) is 0 Å². The molecule has 0 saturated heterocycles. The molecule has 21 heavy (non-hydrogen) atoms. The molecule has 2 aromatic carbocycles. The molecule has 0 bridgehead atoms. The summed E-state index contributed by atoms with van der Waals surface area (Å²) in [6, 6.07) is 16.2. The molecule has 3 nitrogen and oxygen atoms in total. The van der Waals surface area contributed by atoms with Crippen molar-refractivity contribution >= 4 is 0 Å². The second-order valence-electron chi connectivity index (χ2n) is 5.13. The zero-order valence-electron chi connectivity index (χ0n) is 12.7. The molecule has 0 amide bonds. The van der Waals surface area contributed by atoms with Crippen molar-refractivity contribution in [2.75, 3.05) is 13.7 Å². The first kappa shape index (κ1) is 15.4. The second-order valence-corrected chi connectivity index (χ2v) is 5.13. The van der Waals surface area contributed by atoms with Crippen LogP contribution in [0.5, 0.6) is 11.5 Å². The van der Waals surface area contributed by atoms with Gasteiger partial charge >= 0.3 is 0 Å². The number of ether oxygens (including phenoxy) is 2. The molecule has 0 radical (unpaired) electrons. The predicted octanol–water partition coefficient (Wildman–Crippen LogP) is 3.73. The molecule has 2 rings (SSSR count). The molecular weight excluding hydrogens is 262 g/mol. The van der Waals surface area contributed by atoms with Crippen molar-refractivity contribution in [1.29, 1.82) is 0 Å². The van der Waals surface area contributed by atoms with Crippen molar-refractivity contribution in [2.24, 2.45) is 5.73 Å². The average molecular weight is 285 g/mol. The maximum Gasteiger partial charge on any atom is 0.127 e. The van der Waals surface area contributed by atoms with E-state index in [-0.39, 0.29) is 6.04 Å². The summed E-state index contributed by atoms with van der Waals surface area (Å²) in [5.41, 5.74) is 8.32. The van der Waals surface area contributed by atoms with Gasteiger partial charge in [0.15, 0.2) is 0 Å². The Labute approximate surface area is 126 Å². The molecule has 0 aromatic heterocycles. The van der Waals surface area contributed by atoms with E-state index in [2.05, 4.69) is 24.3 Å². The van der Waals surface area contributed by atoms with Crippen LogP contribution in [-0.2, 0) is 6.42 Å². The Kier molecular flexibility index (Phi) is 5.64. The minimum atomic E-state index is -0.0555. The number of nitrogens with two attached hydrogens (primary N) is 1. The van der Waals surface area contributed by atoms with Crippen LogP contribution in [0.15, 0.2) is 48.5 Å². The van der Waals surface area contributed by atoms with E-state index in [1.54, 1.807) is 7.11 Å². The van der Waals surface area contributed by atoms with E-state index in [0.29, 0.717) is 6.61 Å². The van der Waals surface area contributed by atoms with Crippen molar-refractivity contribution in [3.05, 3.63) is 59.7 Å². The molecule has 0 saturated carbocycles. The van der Waals surface area contributed by atoms with Gasteiger partial charge in [0, 0.05) is 17.7 Å². The van der Waals surface area contributed by atoms with E-state index in [4.69, 9.17) is 15.2 Å². The van der Waals surface area contributed by atoms with E-state index < -0.39 is 0 Å². The van der Waals surface area contributed by atoms with Crippen molar-refractivity contribution in [3.8, 4) is 11.5 Å². The number of methoxy groups -OCH3 is 1. The molecule has 1 atom stereocenters. The van der Waals surface area contributed by atoms with Gasteiger partial charge in [0.25, 0.3) is 0 Å². The van der Waals surface area contributed by atoms with Gasteiger partial charge < -0.3 is 15.2 Å². The minimum Gasteiger partial charge on any atom is -0.497 e. The normalized spacial score (nSPS) is 12.0. The van der Waals surface area contributed by atoms with Gasteiger partial charge in [0.2, 0.25) is 0 Å². The van der Waals surface area contributed by atoms with Gasteiger partial charge in [-0.1, -0.05) is 36.4 Å². The Bertz CT molecular complexity index is 552. The highest BCUT2D eigenvalue weighted by molar-refractivity contribution is 5.42. The third kappa shape index (κ3) is 4.50. The first-order valence-electron chi connectivity index (χ1n) is 7.31. The average Bonchev–Trinajstić information content (AvgIpc) is 2.52. The van der Waals surface area contributed by atoms with Crippen LogP contribution in [-0.4, -0.2) is 13.7 Å². The minimum absolute atomic E-state index is 0.0555. The van der Waals surface area contributed by atoms with Crippen LogP contribution in [0, 0.1) is 0 Å². The Balaban J connectivity index is 1.92. The monoisotopic (exact) mass is 285 g/mol. The molecule has 0 spiro atoms. The van der Waals surface area contributed by atoms with Crippen molar-refractivity contribution in [3.63, 3.8) is 0 Å². The molecule has 2 aromatic rings. The standard InChI is InChI=1S/C18H23NO2/c1-14(19)17-11-10-16(20-2)13-18(17)21-12-6-9-15-7-4-3-5-8-15/h3-5,7-8,10-11,13-14H,6,9,12,19H2,1-2H3.